The summed E-state index contributed by atoms with van der Waals surface area (Å²) in [6, 6.07) is 18.3. The molecule has 0 bridgehead atoms. The summed E-state index contributed by atoms with van der Waals surface area (Å²) in [5.74, 6) is 0. The van der Waals surface area contributed by atoms with Gasteiger partial charge in [0, 0.05) is 37.9 Å². The van der Waals surface area contributed by atoms with Gasteiger partial charge in [-0.15, -0.1) is 0 Å². The molecule has 2 heterocycles. The van der Waals surface area contributed by atoms with Crippen molar-refractivity contribution >= 4 is 5.69 Å². The van der Waals surface area contributed by atoms with Crippen molar-refractivity contribution in [2.75, 3.05) is 31.1 Å². The Balaban J connectivity index is 1.44. The van der Waals surface area contributed by atoms with Crippen molar-refractivity contribution in [2.24, 2.45) is 0 Å². The van der Waals surface area contributed by atoms with E-state index in [-0.39, 0.29) is 6.10 Å². The van der Waals surface area contributed by atoms with Gasteiger partial charge in [-0.3, -0.25) is 4.90 Å². The molecule has 0 aliphatic carbocycles. The van der Waals surface area contributed by atoms with Crippen LogP contribution in [0.5, 0.6) is 0 Å². The van der Waals surface area contributed by atoms with E-state index in [1.54, 1.807) is 0 Å². The normalized spacial score (nSPS) is 22.5. The zero-order valence-corrected chi connectivity index (χ0v) is 15.1. The smallest absolute Gasteiger partial charge is 0.0679 e. The molecule has 2 saturated heterocycles. The number of rotatable bonds is 3. The molecule has 4 rings (SSSR count). The minimum atomic E-state index is -0.107. The van der Waals surface area contributed by atoms with Gasteiger partial charge >= 0.3 is 0 Å². The summed E-state index contributed by atoms with van der Waals surface area (Å²) >= 11 is 0. The fourth-order valence-corrected chi connectivity index (χ4v) is 4.30. The van der Waals surface area contributed by atoms with Gasteiger partial charge in [0.2, 0.25) is 0 Å². The number of aliphatic hydroxyl groups excluding tert-OH is 1. The number of likely N-dealkylation sites (tertiary alicyclic amines) is 1. The number of anilines is 1. The zero-order chi connectivity index (χ0) is 17.2. The van der Waals surface area contributed by atoms with Crippen molar-refractivity contribution < 1.29 is 5.11 Å². The molecule has 0 unspecified atom stereocenters. The highest BCUT2D eigenvalue weighted by molar-refractivity contribution is 5.69. The molecule has 0 aromatic heterocycles. The summed E-state index contributed by atoms with van der Waals surface area (Å²) < 4.78 is 0. The van der Waals surface area contributed by atoms with Crippen LogP contribution in [-0.4, -0.2) is 48.3 Å². The summed E-state index contributed by atoms with van der Waals surface area (Å²) in [7, 11) is 0. The fourth-order valence-electron chi connectivity index (χ4n) is 4.30. The largest absolute Gasteiger partial charge is 0.392 e. The number of hydrogen-bond acceptors (Lipinski definition) is 3. The first kappa shape index (κ1) is 16.6. The SMILES string of the molecule is Cc1cccc(-c2cccc(N3CCC(N4CC[C@H](O)C4)CC3)c2)c1. The molecular weight excluding hydrogens is 308 g/mol. The molecule has 132 valence electrons. The van der Waals surface area contributed by atoms with Crippen molar-refractivity contribution in [3.05, 3.63) is 54.1 Å². The lowest BCUT2D eigenvalue weighted by molar-refractivity contribution is 0.148. The van der Waals surface area contributed by atoms with E-state index in [1.165, 1.54) is 35.2 Å². The van der Waals surface area contributed by atoms with Crippen LogP contribution in [0.3, 0.4) is 0 Å². The number of aliphatic hydroxyl groups is 1. The number of nitrogens with zero attached hydrogens (tertiary/aromatic N) is 2. The Morgan fingerprint density at radius 2 is 1.60 bits per heavy atom. The van der Waals surface area contributed by atoms with Crippen molar-refractivity contribution in [1.82, 2.24) is 4.90 Å². The molecule has 25 heavy (non-hydrogen) atoms. The Morgan fingerprint density at radius 1 is 0.880 bits per heavy atom. The predicted octanol–water partition coefficient (Wildman–Crippen LogP) is 3.70. The molecule has 3 nitrogen and oxygen atoms in total. The Kier molecular flexibility index (Phi) is 4.78. The van der Waals surface area contributed by atoms with Crippen LogP contribution in [0.25, 0.3) is 11.1 Å². The first-order chi connectivity index (χ1) is 12.2. The monoisotopic (exact) mass is 336 g/mol. The average Bonchev–Trinajstić information content (AvgIpc) is 3.08. The van der Waals surface area contributed by atoms with Gasteiger partial charge in [-0.1, -0.05) is 42.0 Å². The first-order valence-electron chi connectivity index (χ1n) is 9.53. The van der Waals surface area contributed by atoms with Crippen LogP contribution < -0.4 is 4.90 Å². The Morgan fingerprint density at radius 3 is 2.28 bits per heavy atom. The third-order valence-electron chi connectivity index (χ3n) is 5.74. The molecule has 0 spiro atoms. The van der Waals surface area contributed by atoms with E-state index in [9.17, 15) is 5.11 Å². The molecule has 0 saturated carbocycles. The molecule has 1 atom stereocenters. The number of hydrogen-bond donors (Lipinski definition) is 1. The minimum absolute atomic E-state index is 0.107. The second kappa shape index (κ2) is 7.19. The minimum Gasteiger partial charge on any atom is -0.392 e. The van der Waals surface area contributed by atoms with E-state index < -0.39 is 0 Å². The average molecular weight is 336 g/mol. The molecule has 1 N–H and O–H groups in total. The molecular formula is C22H28N2O. The molecule has 2 aliphatic heterocycles. The highest BCUT2D eigenvalue weighted by Crippen LogP contribution is 2.29. The van der Waals surface area contributed by atoms with Crippen molar-refractivity contribution in [3.8, 4) is 11.1 Å². The number of piperidine rings is 1. The van der Waals surface area contributed by atoms with E-state index >= 15 is 0 Å². The fraction of sp³-hybridized carbons (Fsp3) is 0.455. The van der Waals surface area contributed by atoms with E-state index in [1.807, 2.05) is 0 Å². The molecule has 0 amide bonds. The van der Waals surface area contributed by atoms with Gasteiger partial charge in [-0.05, 0) is 49.4 Å². The summed E-state index contributed by atoms with van der Waals surface area (Å²) in [6.07, 6.45) is 3.23. The third-order valence-corrected chi connectivity index (χ3v) is 5.74. The second-order valence-corrected chi connectivity index (χ2v) is 7.58. The van der Waals surface area contributed by atoms with Gasteiger partial charge in [0.25, 0.3) is 0 Å². The van der Waals surface area contributed by atoms with Gasteiger partial charge in [-0.2, -0.15) is 0 Å². The molecule has 2 fully saturated rings. The van der Waals surface area contributed by atoms with Crippen LogP contribution >= 0.6 is 0 Å². The maximum absolute atomic E-state index is 9.77. The molecule has 2 aromatic carbocycles. The highest BCUT2D eigenvalue weighted by atomic mass is 16.3. The summed E-state index contributed by atoms with van der Waals surface area (Å²) in [6.45, 7) is 6.29. The van der Waals surface area contributed by atoms with Crippen LogP contribution in [0.1, 0.15) is 24.8 Å². The van der Waals surface area contributed by atoms with Crippen LogP contribution in [-0.2, 0) is 0 Å². The van der Waals surface area contributed by atoms with Crippen molar-refractivity contribution in [1.29, 1.82) is 0 Å². The third kappa shape index (κ3) is 3.73. The Hall–Kier alpha value is -1.84. The lowest BCUT2D eigenvalue weighted by Crippen LogP contribution is -2.44. The van der Waals surface area contributed by atoms with E-state index in [2.05, 4.69) is 65.3 Å². The molecule has 0 radical (unpaired) electrons. The molecule has 3 heteroatoms. The Labute approximate surface area is 150 Å². The molecule has 2 aliphatic rings. The summed E-state index contributed by atoms with van der Waals surface area (Å²) in [5.41, 5.74) is 5.23. The lowest BCUT2D eigenvalue weighted by Gasteiger charge is -2.38. The summed E-state index contributed by atoms with van der Waals surface area (Å²) in [4.78, 5) is 5.01. The predicted molar refractivity (Wildman–Crippen MR) is 104 cm³/mol. The van der Waals surface area contributed by atoms with Gasteiger partial charge in [0.1, 0.15) is 0 Å². The number of benzene rings is 2. The van der Waals surface area contributed by atoms with Crippen molar-refractivity contribution in [3.63, 3.8) is 0 Å². The van der Waals surface area contributed by atoms with E-state index in [4.69, 9.17) is 0 Å². The number of β-amino-alcohol motifs (C(OH)–C–C–N with tert-alkyl or cyclic N) is 1. The number of aryl methyl sites for hydroxylation is 1. The first-order valence-corrected chi connectivity index (χ1v) is 9.53. The van der Waals surface area contributed by atoms with Crippen LogP contribution in [0.4, 0.5) is 5.69 Å². The lowest BCUT2D eigenvalue weighted by atomic mass is 10.0. The standard InChI is InChI=1S/C22H28N2O/c1-17-4-2-5-18(14-17)19-6-3-7-21(15-19)23-11-8-20(9-12-23)24-13-10-22(25)16-24/h2-7,14-15,20,22,25H,8-13,16H2,1H3/t22-/m0/s1. The maximum atomic E-state index is 9.77. The van der Waals surface area contributed by atoms with Crippen LogP contribution in [0.2, 0.25) is 0 Å². The van der Waals surface area contributed by atoms with Crippen LogP contribution in [0, 0.1) is 6.92 Å². The van der Waals surface area contributed by atoms with Crippen LogP contribution in [0.15, 0.2) is 48.5 Å². The molecule has 2 aromatic rings. The maximum Gasteiger partial charge on any atom is 0.0679 e. The van der Waals surface area contributed by atoms with Gasteiger partial charge in [0.05, 0.1) is 6.10 Å². The van der Waals surface area contributed by atoms with E-state index in [0.29, 0.717) is 6.04 Å². The topological polar surface area (TPSA) is 26.7 Å². The quantitative estimate of drug-likeness (QED) is 0.926. The van der Waals surface area contributed by atoms with Crippen molar-refractivity contribution in [2.45, 2.75) is 38.3 Å². The second-order valence-electron chi connectivity index (χ2n) is 7.58. The highest BCUT2D eigenvalue weighted by Gasteiger charge is 2.29. The zero-order valence-electron chi connectivity index (χ0n) is 15.1. The summed E-state index contributed by atoms with van der Waals surface area (Å²) in [5, 5.41) is 9.77. The van der Waals surface area contributed by atoms with E-state index in [0.717, 1.165) is 32.6 Å². The van der Waals surface area contributed by atoms with Gasteiger partial charge in [-0.25, -0.2) is 0 Å². The Bertz CT molecular complexity index is 721. The van der Waals surface area contributed by atoms with Gasteiger partial charge < -0.3 is 10.0 Å². The van der Waals surface area contributed by atoms with Gasteiger partial charge in [0.15, 0.2) is 0 Å².